The SMILES string of the molecule is CCCCCCNC(=O)/C=C/c1c(C)cc(OC)cc1C. The van der Waals surface area contributed by atoms with Crippen LogP contribution in [0.2, 0.25) is 0 Å². The topological polar surface area (TPSA) is 38.3 Å². The summed E-state index contributed by atoms with van der Waals surface area (Å²) in [6, 6.07) is 3.96. The molecule has 3 nitrogen and oxygen atoms in total. The monoisotopic (exact) mass is 289 g/mol. The maximum atomic E-state index is 11.8. The van der Waals surface area contributed by atoms with Gasteiger partial charge in [0, 0.05) is 12.6 Å². The molecule has 21 heavy (non-hydrogen) atoms. The van der Waals surface area contributed by atoms with Crippen LogP contribution >= 0.6 is 0 Å². The van der Waals surface area contributed by atoms with E-state index in [0.29, 0.717) is 0 Å². The molecule has 0 heterocycles. The van der Waals surface area contributed by atoms with Crippen molar-refractivity contribution in [2.45, 2.75) is 46.5 Å². The van der Waals surface area contributed by atoms with E-state index in [0.717, 1.165) is 35.4 Å². The van der Waals surface area contributed by atoms with Gasteiger partial charge >= 0.3 is 0 Å². The van der Waals surface area contributed by atoms with Gasteiger partial charge in [-0.05, 0) is 55.2 Å². The van der Waals surface area contributed by atoms with Gasteiger partial charge in [0.25, 0.3) is 0 Å². The minimum Gasteiger partial charge on any atom is -0.497 e. The van der Waals surface area contributed by atoms with E-state index in [2.05, 4.69) is 12.2 Å². The van der Waals surface area contributed by atoms with Gasteiger partial charge < -0.3 is 10.1 Å². The molecular weight excluding hydrogens is 262 g/mol. The molecule has 0 aromatic heterocycles. The third-order valence-corrected chi connectivity index (χ3v) is 3.53. The molecule has 0 saturated carbocycles. The van der Waals surface area contributed by atoms with Crippen LogP contribution in [-0.4, -0.2) is 19.6 Å². The molecule has 0 unspecified atom stereocenters. The van der Waals surface area contributed by atoms with E-state index in [1.54, 1.807) is 13.2 Å². The van der Waals surface area contributed by atoms with Gasteiger partial charge in [0.05, 0.1) is 7.11 Å². The van der Waals surface area contributed by atoms with Crippen LogP contribution in [0.5, 0.6) is 5.75 Å². The first-order valence-electron chi connectivity index (χ1n) is 7.69. The summed E-state index contributed by atoms with van der Waals surface area (Å²) in [5.41, 5.74) is 3.30. The van der Waals surface area contributed by atoms with Crippen LogP contribution in [-0.2, 0) is 4.79 Å². The van der Waals surface area contributed by atoms with Crippen molar-refractivity contribution in [2.24, 2.45) is 0 Å². The molecular formula is C18H27NO2. The highest BCUT2D eigenvalue weighted by molar-refractivity contribution is 5.92. The number of amides is 1. The molecule has 0 atom stereocenters. The lowest BCUT2D eigenvalue weighted by molar-refractivity contribution is -0.116. The molecule has 0 spiro atoms. The van der Waals surface area contributed by atoms with E-state index >= 15 is 0 Å². The van der Waals surface area contributed by atoms with Crippen LogP contribution in [0.4, 0.5) is 0 Å². The van der Waals surface area contributed by atoms with Gasteiger partial charge in [0.15, 0.2) is 0 Å². The van der Waals surface area contributed by atoms with E-state index in [9.17, 15) is 4.79 Å². The van der Waals surface area contributed by atoms with E-state index in [1.807, 2.05) is 32.1 Å². The summed E-state index contributed by atoms with van der Waals surface area (Å²) in [7, 11) is 1.66. The molecule has 0 aliphatic carbocycles. The van der Waals surface area contributed by atoms with E-state index in [-0.39, 0.29) is 5.91 Å². The van der Waals surface area contributed by atoms with Crippen LogP contribution in [0.25, 0.3) is 6.08 Å². The van der Waals surface area contributed by atoms with Crippen molar-refractivity contribution >= 4 is 12.0 Å². The van der Waals surface area contributed by atoms with E-state index in [4.69, 9.17) is 4.74 Å². The fourth-order valence-electron chi connectivity index (χ4n) is 2.30. The number of benzene rings is 1. The Labute approximate surface area is 128 Å². The molecule has 1 amide bonds. The first-order valence-corrected chi connectivity index (χ1v) is 7.69. The second-order valence-electron chi connectivity index (χ2n) is 5.36. The summed E-state index contributed by atoms with van der Waals surface area (Å²) in [5.74, 6) is 0.823. The number of nitrogens with one attached hydrogen (secondary N) is 1. The zero-order chi connectivity index (χ0) is 15.7. The van der Waals surface area contributed by atoms with Gasteiger partial charge in [0.1, 0.15) is 5.75 Å². The minimum absolute atomic E-state index is 0.0267. The number of ether oxygens (including phenoxy) is 1. The van der Waals surface area contributed by atoms with Crippen molar-refractivity contribution in [1.29, 1.82) is 0 Å². The maximum absolute atomic E-state index is 11.8. The molecule has 0 saturated heterocycles. The number of aryl methyl sites for hydroxylation is 2. The van der Waals surface area contributed by atoms with Crippen molar-refractivity contribution in [3.63, 3.8) is 0 Å². The Balaban J connectivity index is 2.54. The predicted octanol–water partition coefficient (Wildman–Crippen LogP) is 4.02. The van der Waals surface area contributed by atoms with Crippen LogP contribution in [0.1, 0.15) is 49.3 Å². The smallest absolute Gasteiger partial charge is 0.243 e. The van der Waals surface area contributed by atoms with Gasteiger partial charge in [0.2, 0.25) is 5.91 Å². The average molecular weight is 289 g/mol. The Morgan fingerprint density at radius 3 is 2.43 bits per heavy atom. The molecule has 0 radical (unpaired) electrons. The molecule has 1 N–H and O–H groups in total. The van der Waals surface area contributed by atoms with Crippen molar-refractivity contribution in [3.05, 3.63) is 34.9 Å². The highest BCUT2D eigenvalue weighted by Gasteiger charge is 2.03. The molecule has 0 aliphatic heterocycles. The summed E-state index contributed by atoms with van der Waals surface area (Å²) in [5, 5.41) is 2.92. The highest BCUT2D eigenvalue weighted by Crippen LogP contribution is 2.22. The van der Waals surface area contributed by atoms with Gasteiger partial charge in [-0.3, -0.25) is 4.79 Å². The van der Waals surface area contributed by atoms with Gasteiger partial charge in [-0.25, -0.2) is 0 Å². The second-order valence-corrected chi connectivity index (χ2v) is 5.36. The first-order chi connectivity index (χ1) is 10.1. The number of rotatable bonds is 8. The van der Waals surface area contributed by atoms with Gasteiger partial charge in [-0.2, -0.15) is 0 Å². The normalized spacial score (nSPS) is 10.9. The van der Waals surface area contributed by atoms with Crippen molar-refractivity contribution in [3.8, 4) is 5.75 Å². The lowest BCUT2D eigenvalue weighted by Gasteiger charge is -2.08. The summed E-state index contributed by atoms with van der Waals surface area (Å²) in [6.07, 6.45) is 8.16. The van der Waals surface area contributed by atoms with Crippen molar-refractivity contribution in [2.75, 3.05) is 13.7 Å². The molecule has 3 heteroatoms. The van der Waals surface area contributed by atoms with Crippen molar-refractivity contribution in [1.82, 2.24) is 5.32 Å². The Morgan fingerprint density at radius 2 is 1.86 bits per heavy atom. The Morgan fingerprint density at radius 1 is 1.19 bits per heavy atom. The van der Waals surface area contributed by atoms with Crippen molar-refractivity contribution < 1.29 is 9.53 Å². The third-order valence-electron chi connectivity index (χ3n) is 3.53. The van der Waals surface area contributed by atoms with E-state index in [1.165, 1.54) is 19.3 Å². The third kappa shape index (κ3) is 6.03. The summed E-state index contributed by atoms with van der Waals surface area (Å²) < 4.78 is 5.24. The van der Waals surface area contributed by atoms with Crippen LogP contribution in [0.15, 0.2) is 18.2 Å². The van der Waals surface area contributed by atoms with Crippen LogP contribution in [0, 0.1) is 13.8 Å². The Bertz CT molecular complexity index is 469. The Kier molecular flexibility index (Phi) is 7.59. The summed E-state index contributed by atoms with van der Waals surface area (Å²) in [4.78, 5) is 11.8. The quantitative estimate of drug-likeness (QED) is 0.580. The van der Waals surface area contributed by atoms with E-state index < -0.39 is 0 Å². The predicted molar refractivity (Wildman–Crippen MR) is 88.7 cm³/mol. The maximum Gasteiger partial charge on any atom is 0.243 e. The zero-order valence-corrected chi connectivity index (χ0v) is 13.7. The standard InChI is InChI=1S/C18H27NO2/c1-5-6-7-8-11-19-18(20)10-9-17-14(2)12-16(21-4)13-15(17)3/h9-10,12-13H,5-8,11H2,1-4H3,(H,19,20)/b10-9+. The van der Waals surface area contributed by atoms with Crippen LogP contribution < -0.4 is 10.1 Å². The molecule has 1 rings (SSSR count). The highest BCUT2D eigenvalue weighted by atomic mass is 16.5. The fraction of sp³-hybridized carbons (Fsp3) is 0.500. The molecule has 0 fully saturated rings. The number of methoxy groups -OCH3 is 1. The van der Waals surface area contributed by atoms with Crippen LogP contribution in [0.3, 0.4) is 0 Å². The number of carbonyl (C=O) groups is 1. The Hall–Kier alpha value is -1.77. The molecule has 1 aromatic carbocycles. The van der Waals surface area contributed by atoms with Gasteiger partial charge in [-0.1, -0.05) is 26.2 Å². The largest absolute Gasteiger partial charge is 0.497 e. The first kappa shape index (κ1) is 17.3. The average Bonchev–Trinajstić information content (AvgIpc) is 2.45. The second kappa shape index (κ2) is 9.22. The zero-order valence-electron chi connectivity index (χ0n) is 13.7. The number of carbonyl (C=O) groups excluding carboxylic acids is 1. The molecule has 0 bridgehead atoms. The fourth-order valence-corrected chi connectivity index (χ4v) is 2.30. The molecule has 1 aromatic rings. The number of hydrogen-bond donors (Lipinski definition) is 1. The molecule has 0 aliphatic rings. The lowest BCUT2D eigenvalue weighted by atomic mass is 10.0. The summed E-state index contributed by atoms with van der Waals surface area (Å²) >= 11 is 0. The molecule has 116 valence electrons. The van der Waals surface area contributed by atoms with Gasteiger partial charge in [-0.15, -0.1) is 0 Å². The number of unbranched alkanes of at least 4 members (excludes halogenated alkanes) is 3. The summed E-state index contributed by atoms with van der Waals surface area (Å²) in [6.45, 7) is 6.99. The minimum atomic E-state index is -0.0267. The number of hydrogen-bond acceptors (Lipinski definition) is 2. The lowest BCUT2D eigenvalue weighted by Crippen LogP contribution is -2.21.